The van der Waals surface area contributed by atoms with Crippen LogP contribution in [0.15, 0.2) is 24.3 Å². The third-order valence-corrected chi connectivity index (χ3v) is 4.87. The van der Waals surface area contributed by atoms with Crippen LogP contribution in [0, 0.1) is 0 Å². The fraction of sp³-hybridized carbons (Fsp3) is 0.619. The molecular formula is C21H32N2O4. The number of esters is 1. The molecular weight excluding hydrogens is 344 g/mol. The lowest BCUT2D eigenvalue weighted by Gasteiger charge is -2.23. The van der Waals surface area contributed by atoms with E-state index in [-0.39, 0.29) is 18.3 Å². The zero-order chi connectivity index (χ0) is 19.5. The molecule has 0 radical (unpaired) electrons. The van der Waals surface area contributed by atoms with Crippen molar-refractivity contribution in [3.05, 3.63) is 29.8 Å². The van der Waals surface area contributed by atoms with Gasteiger partial charge in [0.25, 0.3) is 5.91 Å². The third kappa shape index (κ3) is 7.21. The number of likely N-dealkylation sites (tertiary alicyclic amines) is 1. The van der Waals surface area contributed by atoms with E-state index in [4.69, 9.17) is 9.47 Å². The van der Waals surface area contributed by atoms with Gasteiger partial charge in [0, 0.05) is 18.7 Å². The van der Waals surface area contributed by atoms with Crippen LogP contribution in [-0.2, 0) is 9.53 Å². The average Bonchev–Trinajstić information content (AvgIpc) is 3.20. The van der Waals surface area contributed by atoms with Gasteiger partial charge in [-0.2, -0.15) is 0 Å². The molecule has 1 saturated heterocycles. The van der Waals surface area contributed by atoms with Crippen molar-refractivity contribution in [2.24, 2.45) is 0 Å². The van der Waals surface area contributed by atoms with Crippen LogP contribution in [0.2, 0.25) is 0 Å². The fourth-order valence-corrected chi connectivity index (χ4v) is 3.33. The number of amides is 1. The van der Waals surface area contributed by atoms with E-state index in [1.54, 1.807) is 43.2 Å². The van der Waals surface area contributed by atoms with Crippen molar-refractivity contribution < 1.29 is 19.1 Å². The molecule has 0 aliphatic carbocycles. The fourth-order valence-electron chi connectivity index (χ4n) is 3.33. The van der Waals surface area contributed by atoms with Crippen molar-refractivity contribution in [2.75, 3.05) is 46.4 Å². The van der Waals surface area contributed by atoms with Gasteiger partial charge in [-0.15, -0.1) is 0 Å². The molecule has 6 heteroatoms. The Hall–Kier alpha value is -2.08. The highest BCUT2D eigenvalue weighted by molar-refractivity contribution is 5.94. The number of carbonyl (C=O) groups is 2. The van der Waals surface area contributed by atoms with Crippen molar-refractivity contribution >= 4 is 11.9 Å². The van der Waals surface area contributed by atoms with E-state index in [0.717, 1.165) is 25.1 Å². The van der Waals surface area contributed by atoms with Crippen LogP contribution in [0.5, 0.6) is 5.75 Å². The Labute approximate surface area is 162 Å². The van der Waals surface area contributed by atoms with Gasteiger partial charge in [0.1, 0.15) is 5.75 Å². The summed E-state index contributed by atoms with van der Waals surface area (Å²) < 4.78 is 10.2. The van der Waals surface area contributed by atoms with Gasteiger partial charge in [0.15, 0.2) is 0 Å². The number of hydrogen-bond donors (Lipinski definition) is 0. The minimum absolute atomic E-state index is 0.0527. The topological polar surface area (TPSA) is 59.1 Å². The molecule has 1 fully saturated rings. The van der Waals surface area contributed by atoms with Gasteiger partial charge in [-0.25, -0.2) is 0 Å². The van der Waals surface area contributed by atoms with Gasteiger partial charge in [-0.3, -0.25) is 9.59 Å². The molecule has 0 bridgehead atoms. The van der Waals surface area contributed by atoms with Gasteiger partial charge in [-0.1, -0.05) is 0 Å². The van der Waals surface area contributed by atoms with Crippen molar-refractivity contribution in [3.63, 3.8) is 0 Å². The molecule has 6 nitrogen and oxygen atoms in total. The number of unbranched alkanes of at least 4 members (excludes halogenated alkanes) is 1. The number of nitrogens with zero attached hydrogens (tertiary/aromatic N) is 2. The SMILES string of the molecule is CCOC(=O)CCN(CCCCN1CCCC1)C(=O)c1ccc(OC)cc1. The van der Waals surface area contributed by atoms with E-state index in [9.17, 15) is 9.59 Å². The third-order valence-electron chi connectivity index (χ3n) is 4.87. The van der Waals surface area contributed by atoms with Crippen LogP contribution in [0.3, 0.4) is 0 Å². The highest BCUT2D eigenvalue weighted by Crippen LogP contribution is 2.14. The minimum Gasteiger partial charge on any atom is -0.497 e. The molecule has 27 heavy (non-hydrogen) atoms. The van der Waals surface area contributed by atoms with E-state index >= 15 is 0 Å². The molecule has 1 aliphatic heterocycles. The summed E-state index contributed by atoms with van der Waals surface area (Å²) in [6.07, 6.45) is 4.80. The first kappa shape index (κ1) is 21.2. The van der Waals surface area contributed by atoms with Crippen LogP contribution in [0.25, 0.3) is 0 Å². The van der Waals surface area contributed by atoms with Crippen LogP contribution < -0.4 is 4.74 Å². The standard InChI is InChI=1S/C21H32N2O4/c1-3-27-20(24)12-17-23(16-7-6-15-22-13-4-5-14-22)21(25)18-8-10-19(26-2)11-9-18/h8-11H,3-7,12-17H2,1-2H3. The zero-order valence-electron chi connectivity index (χ0n) is 16.6. The van der Waals surface area contributed by atoms with Gasteiger partial charge < -0.3 is 19.3 Å². The highest BCUT2D eigenvalue weighted by atomic mass is 16.5. The van der Waals surface area contributed by atoms with Gasteiger partial charge >= 0.3 is 5.97 Å². The highest BCUT2D eigenvalue weighted by Gasteiger charge is 2.18. The van der Waals surface area contributed by atoms with E-state index in [1.165, 1.54) is 25.9 Å². The maximum Gasteiger partial charge on any atom is 0.307 e. The first-order chi connectivity index (χ1) is 13.1. The summed E-state index contributed by atoms with van der Waals surface area (Å²) in [6.45, 7) is 6.65. The lowest BCUT2D eigenvalue weighted by Crippen LogP contribution is -2.34. The molecule has 0 atom stereocenters. The second-order valence-corrected chi connectivity index (χ2v) is 6.83. The number of rotatable bonds is 11. The monoisotopic (exact) mass is 376 g/mol. The molecule has 1 amide bonds. The summed E-state index contributed by atoms with van der Waals surface area (Å²) in [6, 6.07) is 7.10. The Balaban J connectivity index is 1.89. The maximum atomic E-state index is 12.9. The number of methoxy groups -OCH3 is 1. The van der Waals surface area contributed by atoms with Crippen molar-refractivity contribution in [3.8, 4) is 5.75 Å². The molecule has 0 N–H and O–H groups in total. The van der Waals surface area contributed by atoms with E-state index in [0.29, 0.717) is 25.3 Å². The summed E-state index contributed by atoms with van der Waals surface area (Å²) >= 11 is 0. The second kappa shape index (κ2) is 11.6. The molecule has 0 saturated carbocycles. The summed E-state index contributed by atoms with van der Waals surface area (Å²) in [4.78, 5) is 28.8. The van der Waals surface area contributed by atoms with Crippen LogP contribution in [0.4, 0.5) is 0 Å². The summed E-state index contributed by atoms with van der Waals surface area (Å²) in [5.41, 5.74) is 0.610. The van der Waals surface area contributed by atoms with Gasteiger partial charge in [0.2, 0.25) is 0 Å². The van der Waals surface area contributed by atoms with E-state index in [2.05, 4.69) is 4.90 Å². The van der Waals surface area contributed by atoms with Crippen molar-refractivity contribution in [1.82, 2.24) is 9.80 Å². The lowest BCUT2D eigenvalue weighted by molar-refractivity contribution is -0.143. The molecule has 0 unspecified atom stereocenters. The Kier molecular flexibility index (Phi) is 9.11. The largest absolute Gasteiger partial charge is 0.497 e. The van der Waals surface area contributed by atoms with Crippen LogP contribution >= 0.6 is 0 Å². The quantitative estimate of drug-likeness (QED) is 0.439. The predicted molar refractivity (Wildman–Crippen MR) is 105 cm³/mol. The average molecular weight is 376 g/mol. The Bertz CT molecular complexity index is 582. The summed E-state index contributed by atoms with van der Waals surface area (Å²) in [7, 11) is 1.60. The van der Waals surface area contributed by atoms with Gasteiger partial charge in [-0.05, 0) is 76.5 Å². The second-order valence-electron chi connectivity index (χ2n) is 6.83. The number of carbonyl (C=O) groups excluding carboxylic acids is 2. The summed E-state index contributed by atoms with van der Waals surface area (Å²) in [5.74, 6) is 0.403. The van der Waals surface area contributed by atoms with Crippen molar-refractivity contribution in [1.29, 1.82) is 0 Å². The first-order valence-corrected chi connectivity index (χ1v) is 9.95. The zero-order valence-corrected chi connectivity index (χ0v) is 16.6. The number of benzene rings is 1. The van der Waals surface area contributed by atoms with Gasteiger partial charge in [0.05, 0.1) is 20.1 Å². The van der Waals surface area contributed by atoms with Crippen molar-refractivity contribution in [2.45, 2.75) is 39.0 Å². The van der Waals surface area contributed by atoms with Crippen LogP contribution in [0.1, 0.15) is 49.4 Å². The lowest BCUT2D eigenvalue weighted by atomic mass is 10.1. The molecule has 2 rings (SSSR count). The molecule has 1 aromatic carbocycles. The Morgan fingerprint density at radius 2 is 1.78 bits per heavy atom. The Morgan fingerprint density at radius 1 is 1.07 bits per heavy atom. The molecule has 1 aliphatic rings. The Morgan fingerprint density at radius 3 is 2.41 bits per heavy atom. The van der Waals surface area contributed by atoms with E-state index in [1.807, 2.05) is 0 Å². The molecule has 0 spiro atoms. The van der Waals surface area contributed by atoms with E-state index < -0.39 is 0 Å². The molecule has 0 aromatic heterocycles. The molecule has 1 heterocycles. The number of hydrogen-bond acceptors (Lipinski definition) is 5. The normalized spacial score (nSPS) is 14.1. The molecule has 150 valence electrons. The predicted octanol–water partition coefficient (Wildman–Crippen LogP) is 2.97. The summed E-state index contributed by atoms with van der Waals surface area (Å²) in [5, 5.41) is 0. The maximum absolute atomic E-state index is 12.9. The van der Waals surface area contributed by atoms with Crippen LogP contribution in [-0.4, -0.2) is 68.1 Å². The smallest absolute Gasteiger partial charge is 0.307 e. The molecule has 1 aromatic rings. The number of ether oxygens (including phenoxy) is 2. The first-order valence-electron chi connectivity index (χ1n) is 9.95. The minimum atomic E-state index is -0.262.